The van der Waals surface area contributed by atoms with Crippen LogP contribution in [0.5, 0.6) is 11.5 Å². The highest BCUT2D eigenvalue weighted by Crippen LogP contribution is 2.32. The van der Waals surface area contributed by atoms with Crippen molar-refractivity contribution in [2.24, 2.45) is 0 Å². The minimum absolute atomic E-state index is 0.0545. The number of carbonyl (C=O) groups is 1. The first kappa shape index (κ1) is 16.5. The molecule has 1 saturated heterocycles. The molecular weight excluding hydrogens is 360 g/mol. The van der Waals surface area contributed by atoms with Crippen molar-refractivity contribution in [3.63, 3.8) is 0 Å². The van der Waals surface area contributed by atoms with Crippen molar-refractivity contribution in [3.8, 4) is 11.5 Å². The Labute approximate surface area is 160 Å². The summed E-state index contributed by atoms with van der Waals surface area (Å²) in [6.45, 7) is 1.72. The maximum atomic E-state index is 12.3. The first-order chi connectivity index (χ1) is 13.8. The number of benzene rings is 1. The van der Waals surface area contributed by atoms with E-state index in [0.717, 1.165) is 35.7 Å². The van der Waals surface area contributed by atoms with E-state index >= 15 is 0 Å². The van der Waals surface area contributed by atoms with E-state index in [1.807, 2.05) is 28.8 Å². The predicted molar refractivity (Wildman–Crippen MR) is 101 cm³/mol. The molecule has 0 bridgehead atoms. The molecule has 4 heterocycles. The lowest BCUT2D eigenvalue weighted by Gasteiger charge is -2.17. The van der Waals surface area contributed by atoms with Crippen LogP contribution in [-0.4, -0.2) is 51.4 Å². The van der Waals surface area contributed by atoms with Crippen LogP contribution in [0.4, 0.5) is 5.82 Å². The van der Waals surface area contributed by atoms with Gasteiger partial charge in [-0.1, -0.05) is 6.07 Å². The van der Waals surface area contributed by atoms with Gasteiger partial charge in [0.05, 0.1) is 0 Å². The van der Waals surface area contributed by atoms with Crippen molar-refractivity contribution >= 4 is 23.4 Å². The summed E-state index contributed by atoms with van der Waals surface area (Å²) in [4.78, 5) is 18.9. The molecule has 0 radical (unpaired) electrons. The monoisotopic (exact) mass is 378 g/mol. The molecule has 1 unspecified atom stereocenters. The first-order valence-corrected chi connectivity index (χ1v) is 9.04. The number of aromatic nitrogens is 4. The molecule has 3 aromatic rings. The van der Waals surface area contributed by atoms with Gasteiger partial charge in [-0.15, -0.1) is 10.2 Å². The average molecular weight is 378 g/mol. The Hall–Kier alpha value is -3.62. The fraction of sp³-hybridized carbons (Fsp3) is 0.263. The van der Waals surface area contributed by atoms with Gasteiger partial charge in [0.1, 0.15) is 6.33 Å². The second-order valence-electron chi connectivity index (χ2n) is 6.70. The van der Waals surface area contributed by atoms with E-state index in [-0.39, 0.29) is 18.7 Å². The molecule has 1 atom stereocenters. The minimum atomic E-state index is -0.127. The van der Waals surface area contributed by atoms with Crippen molar-refractivity contribution in [1.29, 1.82) is 0 Å². The fourth-order valence-corrected chi connectivity index (χ4v) is 3.48. The number of carbonyl (C=O) groups excluding carboxylic acids is 1. The molecule has 2 aromatic heterocycles. The summed E-state index contributed by atoms with van der Waals surface area (Å²) in [6.07, 6.45) is 9.35. The highest BCUT2D eigenvalue weighted by molar-refractivity contribution is 5.92. The standard InChI is InChI=1S/C19H18N6O3/c26-17(4-2-13-1-3-15-16(9-13)28-12-27-15)22-14-5-7-24(10-14)18-19-23-21-11-25(19)8-6-20-18/h1-4,6,8-9,11,14H,5,7,10,12H2,(H,22,26). The zero-order valence-corrected chi connectivity index (χ0v) is 15.0. The lowest BCUT2D eigenvalue weighted by atomic mass is 10.2. The normalized spacial score (nSPS) is 18.3. The summed E-state index contributed by atoms with van der Waals surface area (Å²) in [5.74, 6) is 2.08. The molecule has 28 heavy (non-hydrogen) atoms. The molecule has 1 amide bonds. The molecule has 2 aliphatic rings. The van der Waals surface area contributed by atoms with Gasteiger partial charge in [-0.25, -0.2) is 4.98 Å². The summed E-state index contributed by atoms with van der Waals surface area (Å²) in [5.41, 5.74) is 1.60. The topological polar surface area (TPSA) is 93.9 Å². The molecular formula is C19H18N6O3. The summed E-state index contributed by atoms with van der Waals surface area (Å²) in [5, 5.41) is 11.1. The van der Waals surface area contributed by atoms with Gasteiger partial charge in [0.2, 0.25) is 18.3 Å². The Morgan fingerprint density at radius 3 is 3.18 bits per heavy atom. The lowest BCUT2D eigenvalue weighted by molar-refractivity contribution is -0.117. The number of rotatable bonds is 4. The van der Waals surface area contributed by atoms with Crippen LogP contribution >= 0.6 is 0 Å². The molecule has 9 nitrogen and oxygen atoms in total. The summed E-state index contributed by atoms with van der Waals surface area (Å²) in [6, 6.07) is 5.64. The molecule has 0 spiro atoms. The molecule has 1 fully saturated rings. The fourth-order valence-electron chi connectivity index (χ4n) is 3.48. The Morgan fingerprint density at radius 1 is 1.29 bits per heavy atom. The Balaban J connectivity index is 1.21. The van der Waals surface area contributed by atoms with Crippen molar-refractivity contribution < 1.29 is 14.3 Å². The molecule has 142 valence electrons. The molecule has 1 aromatic carbocycles. The van der Waals surface area contributed by atoms with Gasteiger partial charge in [-0.3, -0.25) is 9.20 Å². The van der Waals surface area contributed by atoms with Gasteiger partial charge in [-0.05, 0) is 30.2 Å². The molecule has 1 N–H and O–H groups in total. The Morgan fingerprint density at radius 2 is 2.21 bits per heavy atom. The highest BCUT2D eigenvalue weighted by Gasteiger charge is 2.26. The summed E-state index contributed by atoms with van der Waals surface area (Å²) >= 11 is 0. The van der Waals surface area contributed by atoms with Gasteiger partial charge in [0.25, 0.3) is 0 Å². The molecule has 0 aliphatic carbocycles. The third kappa shape index (κ3) is 3.11. The van der Waals surface area contributed by atoms with E-state index < -0.39 is 0 Å². The number of hydrogen-bond acceptors (Lipinski definition) is 7. The van der Waals surface area contributed by atoms with Crippen LogP contribution in [0, 0.1) is 0 Å². The van der Waals surface area contributed by atoms with Crippen LogP contribution in [0.3, 0.4) is 0 Å². The summed E-state index contributed by atoms with van der Waals surface area (Å²) in [7, 11) is 0. The van der Waals surface area contributed by atoms with Crippen LogP contribution in [0.15, 0.2) is 43.0 Å². The number of ether oxygens (including phenoxy) is 2. The maximum absolute atomic E-state index is 12.3. The van der Waals surface area contributed by atoms with Crippen molar-refractivity contribution in [2.75, 3.05) is 24.8 Å². The first-order valence-electron chi connectivity index (χ1n) is 9.04. The smallest absolute Gasteiger partial charge is 0.244 e. The van der Waals surface area contributed by atoms with E-state index in [2.05, 4.69) is 25.4 Å². The number of hydrogen-bond donors (Lipinski definition) is 1. The molecule has 9 heteroatoms. The van der Waals surface area contributed by atoms with E-state index in [4.69, 9.17) is 9.47 Å². The zero-order chi connectivity index (χ0) is 18.9. The molecule has 2 aliphatic heterocycles. The van der Waals surface area contributed by atoms with Gasteiger partial charge >= 0.3 is 0 Å². The van der Waals surface area contributed by atoms with Gasteiger partial charge in [-0.2, -0.15) is 0 Å². The van der Waals surface area contributed by atoms with Crippen LogP contribution in [0.1, 0.15) is 12.0 Å². The molecule has 0 saturated carbocycles. The minimum Gasteiger partial charge on any atom is -0.454 e. The number of amides is 1. The third-order valence-corrected chi connectivity index (χ3v) is 4.86. The maximum Gasteiger partial charge on any atom is 0.244 e. The highest BCUT2D eigenvalue weighted by atomic mass is 16.7. The van der Waals surface area contributed by atoms with Gasteiger partial charge in [0.15, 0.2) is 17.3 Å². The Kier molecular flexibility index (Phi) is 4.04. The van der Waals surface area contributed by atoms with Crippen LogP contribution in [0.2, 0.25) is 0 Å². The second-order valence-corrected chi connectivity index (χ2v) is 6.70. The number of anilines is 1. The van der Waals surface area contributed by atoms with E-state index in [1.165, 1.54) is 6.08 Å². The number of nitrogens with zero attached hydrogens (tertiary/aromatic N) is 5. The Bertz CT molecular complexity index is 1060. The lowest BCUT2D eigenvalue weighted by Crippen LogP contribution is -2.36. The van der Waals surface area contributed by atoms with Crippen LogP contribution < -0.4 is 19.7 Å². The zero-order valence-electron chi connectivity index (χ0n) is 15.0. The largest absolute Gasteiger partial charge is 0.454 e. The van der Waals surface area contributed by atoms with E-state index in [0.29, 0.717) is 12.3 Å². The number of fused-ring (bicyclic) bond motifs is 2. The quantitative estimate of drug-likeness (QED) is 0.683. The molecule has 5 rings (SSSR count). The van der Waals surface area contributed by atoms with Gasteiger partial charge in [0, 0.05) is 37.6 Å². The number of nitrogens with one attached hydrogen (secondary N) is 1. The van der Waals surface area contributed by atoms with Crippen LogP contribution in [-0.2, 0) is 4.79 Å². The van der Waals surface area contributed by atoms with Crippen LogP contribution in [0.25, 0.3) is 11.7 Å². The van der Waals surface area contributed by atoms with E-state index in [9.17, 15) is 4.79 Å². The van der Waals surface area contributed by atoms with E-state index in [1.54, 1.807) is 18.6 Å². The SMILES string of the molecule is O=C(C=Cc1ccc2c(c1)OCO2)NC1CCN(c2nccn3cnnc23)C1. The van der Waals surface area contributed by atoms with Gasteiger partial charge < -0.3 is 19.7 Å². The van der Waals surface area contributed by atoms with Crippen molar-refractivity contribution in [2.45, 2.75) is 12.5 Å². The third-order valence-electron chi connectivity index (χ3n) is 4.86. The van der Waals surface area contributed by atoms with Crippen molar-refractivity contribution in [3.05, 3.63) is 48.6 Å². The second kappa shape index (κ2) is 6.84. The van der Waals surface area contributed by atoms with Crippen molar-refractivity contribution in [1.82, 2.24) is 24.9 Å². The average Bonchev–Trinajstić information content (AvgIpc) is 3.45. The summed E-state index contributed by atoms with van der Waals surface area (Å²) < 4.78 is 12.5. The predicted octanol–water partition coefficient (Wildman–Crippen LogP) is 1.26.